The summed E-state index contributed by atoms with van der Waals surface area (Å²) in [4.78, 5) is 2.61. The molecule has 0 aromatic carbocycles. The quantitative estimate of drug-likeness (QED) is 0.663. The van der Waals surface area contributed by atoms with Gasteiger partial charge in [-0.15, -0.1) is 0 Å². The van der Waals surface area contributed by atoms with E-state index in [1.54, 1.807) is 0 Å². The minimum Gasteiger partial charge on any atom is -0.315 e. The molecule has 12 heavy (non-hydrogen) atoms. The number of rotatable bonds is 2. The molecule has 0 aromatic rings. The van der Waals surface area contributed by atoms with Crippen LogP contribution < -0.4 is 5.32 Å². The summed E-state index contributed by atoms with van der Waals surface area (Å²) in [6.07, 6.45) is 2.89. The molecule has 2 rings (SSSR count). The summed E-state index contributed by atoms with van der Waals surface area (Å²) >= 11 is 0. The van der Waals surface area contributed by atoms with Crippen LogP contribution in [0.5, 0.6) is 0 Å². The van der Waals surface area contributed by atoms with E-state index in [0.717, 1.165) is 12.1 Å². The molecular weight excluding hydrogens is 148 g/mol. The monoisotopic (exact) mass is 168 g/mol. The Bertz CT molecular complexity index is 173. The lowest BCUT2D eigenvalue weighted by Crippen LogP contribution is -2.35. The second-order valence-electron chi connectivity index (χ2n) is 4.73. The van der Waals surface area contributed by atoms with Gasteiger partial charge in [0.05, 0.1) is 0 Å². The molecule has 2 nitrogen and oxygen atoms in total. The van der Waals surface area contributed by atoms with E-state index in [1.807, 2.05) is 0 Å². The predicted octanol–water partition coefficient (Wildman–Crippen LogP) is 1.08. The van der Waals surface area contributed by atoms with Crippen molar-refractivity contribution in [2.45, 2.75) is 38.8 Å². The second kappa shape index (κ2) is 2.71. The van der Waals surface area contributed by atoms with Crippen LogP contribution in [-0.2, 0) is 0 Å². The zero-order valence-corrected chi connectivity index (χ0v) is 8.43. The molecule has 2 aliphatic rings. The van der Waals surface area contributed by atoms with E-state index in [9.17, 15) is 0 Å². The Morgan fingerprint density at radius 2 is 2.08 bits per heavy atom. The van der Waals surface area contributed by atoms with E-state index in [1.165, 1.54) is 25.9 Å². The summed E-state index contributed by atoms with van der Waals surface area (Å²) in [5.41, 5.74) is 0.680. The van der Waals surface area contributed by atoms with Crippen molar-refractivity contribution in [2.75, 3.05) is 20.1 Å². The number of likely N-dealkylation sites (tertiary alicyclic amines) is 1. The van der Waals surface area contributed by atoms with E-state index < -0.39 is 0 Å². The molecule has 1 saturated heterocycles. The molecule has 1 aliphatic carbocycles. The molecule has 1 N–H and O–H groups in total. The van der Waals surface area contributed by atoms with Crippen LogP contribution in [0.1, 0.15) is 26.7 Å². The van der Waals surface area contributed by atoms with Gasteiger partial charge in [0.15, 0.2) is 0 Å². The van der Waals surface area contributed by atoms with Crippen LogP contribution in [-0.4, -0.2) is 37.1 Å². The molecule has 0 amide bonds. The molecule has 0 radical (unpaired) electrons. The van der Waals surface area contributed by atoms with Gasteiger partial charge in [-0.25, -0.2) is 0 Å². The predicted molar refractivity (Wildman–Crippen MR) is 51.2 cm³/mol. The summed E-state index contributed by atoms with van der Waals surface area (Å²) in [5.74, 6) is 0. The minimum absolute atomic E-state index is 0.680. The molecule has 1 spiro atoms. The van der Waals surface area contributed by atoms with Gasteiger partial charge in [-0.3, -0.25) is 4.90 Å². The maximum Gasteiger partial charge on any atom is 0.0260 e. The average molecular weight is 168 g/mol. The van der Waals surface area contributed by atoms with Crippen molar-refractivity contribution in [3.8, 4) is 0 Å². The first-order chi connectivity index (χ1) is 5.68. The van der Waals surface area contributed by atoms with Crippen LogP contribution in [0.4, 0.5) is 0 Å². The second-order valence-corrected chi connectivity index (χ2v) is 4.73. The molecule has 0 unspecified atom stereocenters. The lowest BCUT2D eigenvalue weighted by Gasteiger charge is -2.19. The molecule has 0 bridgehead atoms. The van der Waals surface area contributed by atoms with Crippen LogP contribution in [0.15, 0.2) is 0 Å². The van der Waals surface area contributed by atoms with Crippen molar-refractivity contribution in [2.24, 2.45) is 5.41 Å². The van der Waals surface area contributed by atoms with E-state index in [4.69, 9.17) is 0 Å². The SMILES string of the molecule is CN[C@@H]1CN(C(C)C)CC12CC2. The van der Waals surface area contributed by atoms with Gasteiger partial charge in [0, 0.05) is 25.2 Å². The summed E-state index contributed by atoms with van der Waals surface area (Å²) < 4.78 is 0. The Balaban J connectivity index is 2.01. The Kier molecular flexibility index (Phi) is 1.92. The minimum atomic E-state index is 0.680. The highest BCUT2D eigenvalue weighted by molar-refractivity contribution is 5.09. The molecule has 2 fully saturated rings. The highest BCUT2D eigenvalue weighted by Crippen LogP contribution is 2.52. The third kappa shape index (κ3) is 1.17. The first kappa shape index (κ1) is 8.52. The number of likely N-dealkylation sites (N-methyl/N-ethyl adjacent to an activating group) is 1. The van der Waals surface area contributed by atoms with Crippen molar-refractivity contribution >= 4 is 0 Å². The number of nitrogens with one attached hydrogen (secondary N) is 1. The summed E-state index contributed by atoms with van der Waals surface area (Å²) in [5, 5.41) is 3.46. The Hall–Kier alpha value is -0.0800. The first-order valence-corrected chi connectivity index (χ1v) is 5.09. The van der Waals surface area contributed by atoms with E-state index in [0.29, 0.717) is 5.41 Å². The van der Waals surface area contributed by atoms with Crippen molar-refractivity contribution in [1.82, 2.24) is 10.2 Å². The third-order valence-electron chi connectivity index (χ3n) is 3.65. The number of hydrogen-bond acceptors (Lipinski definition) is 2. The largest absolute Gasteiger partial charge is 0.315 e. The summed E-state index contributed by atoms with van der Waals surface area (Å²) in [6, 6.07) is 1.49. The summed E-state index contributed by atoms with van der Waals surface area (Å²) in [6.45, 7) is 7.19. The number of nitrogens with zero attached hydrogens (tertiary/aromatic N) is 1. The normalized spacial score (nSPS) is 33.5. The number of hydrogen-bond donors (Lipinski definition) is 1. The van der Waals surface area contributed by atoms with Crippen LogP contribution in [0.25, 0.3) is 0 Å². The molecule has 1 aliphatic heterocycles. The smallest absolute Gasteiger partial charge is 0.0260 e. The van der Waals surface area contributed by atoms with E-state index in [2.05, 4.69) is 31.1 Å². The van der Waals surface area contributed by atoms with Crippen LogP contribution >= 0.6 is 0 Å². The lowest BCUT2D eigenvalue weighted by molar-refractivity contribution is 0.261. The van der Waals surface area contributed by atoms with Gasteiger partial charge in [0.1, 0.15) is 0 Å². The molecule has 1 saturated carbocycles. The Morgan fingerprint density at radius 3 is 2.42 bits per heavy atom. The van der Waals surface area contributed by atoms with Crippen LogP contribution in [0.2, 0.25) is 0 Å². The lowest BCUT2D eigenvalue weighted by atomic mass is 10.0. The van der Waals surface area contributed by atoms with E-state index in [-0.39, 0.29) is 0 Å². The molecule has 1 heterocycles. The topological polar surface area (TPSA) is 15.3 Å². The van der Waals surface area contributed by atoms with E-state index >= 15 is 0 Å². The van der Waals surface area contributed by atoms with Crippen molar-refractivity contribution in [3.63, 3.8) is 0 Å². The van der Waals surface area contributed by atoms with Gasteiger partial charge < -0.3 is 5.32 Å². The highest BCUT2D eigenvalue weighted by atomic mass is 15.2. The van der Waals surface area contributed by atoms with Crippen molar-refractivity contribution in [3.05, 3.63) is 0 Å². The van der Waals surface area contributed by atoms with Crippen molar-refractivity contribution in [1.29, 1.82) is 0 Å². The zero-order chi connectivity index (χ0) is 8.77. The first-order valence-electron chi connectivity index (χ1n) is 5.09. The molecule has 0 aromatic heterocycles. The van der Waals surface area contributed by atoms with Gasteiger partial charge in [-0.1, -0.05) is 0 Å². The standard InChI is InChI=1S/C10H20N2/c1-8(2)12-6-9(11-3)10(7-12)4-5-10/h8-9,11H,4-7H2,1-3H3/t9-/m1/s1. The molecule has 1 atom stereocenters. The maximum atomic E-state index is 3.46. The van der Waals surface area contributed by atoms with Gasteiger partial charge >= 0.3 is 0 Å². The molecular formula is C10H20N2. The maximum absolute atomic E-state index is 3.46. The fraction of sp³-hybridized carbons (Fsp3) is 1.00. The average Bonchev–Trinajstić information content (AvgIpc) is 2.64. The molecule has 70 valence electrons. The van der Waals surface area contributed by atoms with Gasteiger partial charge in [-0.05, 0) is 39.2 Å². The molecule has 2 heteroatoms. The highest BCUT2D eigenvalue weighted by Gasteiger charge is 2.54. The van der Waals surface area contributed by atoms with Gasteiger partial charge in [-0.2, -0.15) is 0 Å². The Morgan fingerprint density at radius 1 is 1.42 bits per heavy atom. The van der Waals surface area contributed by atoms with Gasteiger partial charge in [0.25, 0.3) is 0 Å². The third-order valence-corrected chi connectivity index (χ3v) is 3.65. The van der Waals surface area contributed by atoms with Crippen LogP contribution in [0.3, 0.4) is 0 Å². The zero-order valence-electron chi connectivity index (χ0n) is 8.43. The summed E-state index contributed by atoms with van der Waals surface area (Å²) in [7, 11) is 2.11. The fourth-order valence-corrected chi connectivity index (χ4v) is 2.47. The van der Waals surface area contributed by atoms with Gasteiger partial charge in [0.2, 0.25) is 0 Å². The Labute approximate surface area is 75.3 Å². The van der Waals surface area contributed by atoms with Crippen molar-refractivity contribution < 1.29 is 0 Å². The van der Waals surface area contributed by atoms with Crippen LogP contribution in [0, 0.1) is 5.41 Å². The fourth-order valence-electron chi connectivity index (χ4n) is 2.47.